The van der Waals surface area contributed by atoms with Gasteiger partial charge in [0.25, 0.3) is 0 Å². The summed E-state index contributed by atoms with van der Waals surface area (Å²) in [5, 5.41) is 10.2. The van der Waals surface area contributed by atoms with E-state index in [2.05, 4.69) is 5.32 Å². The number of rotatable bonds is 3. The third-order valence-corrected chi connectivity index (χ3v) is 0.820. The highest BCUT2D eigenvalue weighted by molar-refractivity contribution is 5.65. The van der Waals surface area contributed by atoms with E-state index in [-0.39, 0.29) is 12.5 Å². The van der Waals surface area contributed by atoms with Gasteiger partial charge in [0.05, 0.1) is 0 Å². The zero-order valence-electron chi connectivity index (χ0n) is 5.13. The van der Waals surface area contributed by atoms with Gasteiger partial charge in [-0.15, -0.1) is 0 Å². The topological polar surface area (TPSA) is 66.4 Å². The van der Waals surface area contributed by atoms with E-state index in [9.17, 15) is 9.59 Å². The van der Waals surface area contributed by atoms with Crippen LogP contribution in [0.4, 0.5) is 4.79 Å². The second kappa shape index (κ2) is 3.88. The van der Waals surface area contributed by atoms with Crippen LogP contribution in [0.5, 0.6) is 0 Å². The lowest BCUT2D eigenvalue weighted by Crippen LogP contribution is -2.31. The molecule has 0 fully saturated rings. The van der Waals surface area contributed by atoms with Crippen LogP contribution >= 0.6 is 0 Å². The van der Waals surface area contributed by atoms with Crippen molar-refractivity contribution in [1.82, 2.24) is 5.32 Å². The Kier molecular flexibility index (Phi) is 3.43. The van der Waals surface area contributed by atoms with Crippen LogP contribution in [0.3, 0.4) is 0 Å². The molecule has 0 saturated carbocycles. The molecule has 0 radical (unpaired) electrons. The Morgan fingerprint density at radius 2 is 2.44 bits per heavy atom. The second-order valence-corrected chi connectivity index (χ2v) is 1.75. The average molecular weight is 131 g/mol. The van der Waals surface area contributed by atoms with Gasteiger partial charge in [0.1, 0.15) is 6.29 Å². The van der Waals surface area contributed by atoms with E-state index in [1.807, 2.05) is 0 Å². The maximum atomic E-state index is 9.86. The van der Waals surface area contributed by atoms with Crippen molar-refractivity contribution in [2.75, 3.05) is 0 Å². The molecule has 4 nitrogen and oxygen atoms in total. The first kappa shape index (κ1) is 7.94. The number of carbonyl (C=O) groups excluding carboxylic acids is 1. The summed E-state index contributed by atoms with van der Waals surface area (Å²) in [5.41, 5.74) is 0. The third kappa shape index (κ3) is 4.80. The molecule has 0 heterocycles. The molecule has 0 aliphatic carbocycles. The van der Waals surface area contributed by atoms with E-state index in [1.54, 1.807) is 6.92 Å². The van der Waals surface area contributed by atoms with E-state index in [4.69, 9.17) is 5.11 Å². The molecule has 0 saturated heterocycles. The largest absolute Gasteiger partial charge is 0.465 e. The lowest BCUT2D eigenvalue weighted by molar-refractivity contribution is -0.108. The van der Waals surface area contributed by atoms with Crippen LogP contribution in [0.15, 0.2) is 0 Å². The van der Waals surface area contributed by atoms with E-state index in [1.165, 1.54) is 0 Å². The molecule has 0 aromatic heterocycles. The van der Waals surface area contributed by atoms with E-state index in [0.29, 0.717) is 6.29 Å². The maximum absolute atomic E-state index is 9.86. The lowest BCUT2D eigenvalue weighted by atomic mass is 10.3. The van der Waals surface area contributed by atoms with Crippen LogP contribution in [0.1, 0.15) is 13.3 Å². The van der Waals surface area contributed by atoms with Gasteiger partial charge in [-0.05, 0) is 6.92 Å². The molecule has 9 heavy (non-hydrogen) atoms. The van der Waals surface area contributed by atoms with Crippen molar-refractivity contribution in [2.24, 2.45) is 0 Å². The van der Waals surface area contributed by atoms with Gasteiger partial charge >= 0.3 is 6.09 Å². The fourth-order valence-corrected chi connectivity index (χ4v) is 0.414. The molecule has 1 amide bonds. The smallest absolute Gasteiger partial charge is 0.404 e. The minimum absolute atomic E-state index is 0.228. The van der Waals surface area contributed by atoms with Crippen molar-refractivity contribution in [3.05, 3.63) is 0 Å². The molecule has 0 rings (SSSR count). The molecule has 2 N–H and O–H groups in total. The van der Waals surface area contributed by atoms with Gasteiger partial charge in [0, 0.05) is 12.5 Å². The van der Waals surface area contributed by atoms with Crippen LogP contribution in [0, 0.1) is 0 Å². The summed E-state index contributed by atoms with van der Waals surface area (Å²) in [6, 6.07) is -0.278. The van der Waals surface area contributed by atoms with Gasteiger partial charge in [-0.2, -0.15) is 0 Å². The van der Waals surface area contributed by atoms with Crippen molar-refractivity contribution in [3.63, 3.8) is 0 Å². The Morgan fingerprint density at radius 3 is 2.78 bits per heavy atom. The minimum Gasteiger partial charge on any atom is -0.465 e. The molecule has 52 valence electrons. The Hall–Kier alpha value is -1.06. The predicted molar refractivity (Wildman–Crippen MR) is 31.3 cm³/mol. The van der Waals surface area contributed by atoms with E-state index in [0.717, 1.165) is 0 Å². The van der Waals surface area contributed by atoms with Crippen molar-refractivity contribution in [2.45, 2.75) is 19.4 Å². The average Bonchev–Trinajstić information content (AvgIpc) is 1.63. The second-order valence-electron chi connectivity index (χ2n) is 1.75. The first-order chi connectivity index (χ1) is 4.16. The van der Waals surface area contributed by atoms with Crippen LogP contribution in [0.2, 0.25) is 0 Å². The van der Waals surface area contributed by atoms with Crippen molar-refractivity contribution >= 4 is 12.4 Å². The highest BCUT2D eigenvalue weighted by Crippen LogP contribution is 1.83. The first-order valence-corrected chi connectivity index (χ1v) is 2.60. The Balaban J connectivity index is 3.37. The van der Waals surface area contributed by atoms with Gasteiger partial charge < -0.3 is 15.2 Å². The van der Waals surface area contributed by atoms with E-state index >= 15 is 0 Å². The lowest BCUT2D eigenvalue weighted by Gasteiger charge is -2.04. The van der Waals surface area contributed by atoms with Gasteiger partial charge in [0.2, 0.25) is 0 Å². The van der Waals surface area contributed by atoms with Gasteiger partial charge in [0.15, 0.2) is 0 Å². The van der Waals surface area contributed by atoms with Gasteiger partial charge in [-0.25, -0.2) is 4.79 Å². The molecule has 0 unspecified atom stereocenters. The number of hydrogen-bond acceptors (Lipinski definition) is 2. The summed E-state index contributed by atoms with van der Waals surface area (Å²) in [6.07, 6.45) is -0.184. The highest BCUT2D eigenvalue weighted by atomic mass is 16.4. The van der Waals surface area contributed by atoms with Crippen LogP contribution in [-0.2, 0) is 4.79 Å². The number of hydrogen-bond donors (Lipinski definition) is 2. The zero-order valence-corrected chi connectivity index (χ0v) is 5.13. The quantitative estimate of drug-likeness (QED) is 0.539. The fourth-order valence-electron chi connectivity index (χ4n) is 0.414. The molecule has 0 aromatic rings. The van der Waals surface area contributed by atoms with Crippen LogP contribution in [0.25, 0.3) is 0 Å². The number of carboxylic acid groups (broad SMARTS) is 1. The third-order valence-electron chi connectivity index (χ3n) is 0.820. The van der Waals surface area contributed by atoms with Crippen molar-refractivity contribution < 1.29 is 14.7 Å². The number of carbonyl (C=O) groups is 2. The zero-order chi connectivity index (χ0) is 7.28. The normalized spacial score (nSPS) is 12.1. The fraction of sp³-hybridized carbons (Fsp3) is 0.600. The Bertz CT molecular complexity index is 113. The molecule has 0 bridgehead atoms. The summed E-state index contributed by atoms with van der Waals surface area (Å²) in [6.45, 7) is 1.63. The first-order valence-electron chi connectivity index (χ1n) is 2.60. The minimum atomic E-state index is -1.09. The number of amides is 1. The van der Waals surface area contributed by atoms with Gasteiger partial charge in [-0.3, -0.25) is 0 Å². The molecule has 0 spiro atoms. The highest BCUT2D eigenvalue weighted by Gasteiger charge is 2.01. The monoisotopic (exact) mass is 131 g/mol. The maximum Gasteiger partial charge on any atom is 0.404 e. The summed E-state index contributed by atoms with van der Waals surface area (Å²) < 4.78 is 0. The van der Waals surface area contributed by atoms with Crippen LogP contribution < -0.4 is 5.32 Å². The predicted octanol–water partition coefficient (Wildman–Crippen LogP) is 0.232. The summed E-state index contributed by atoms with van der Waals surface area (Å²) >= 11 is 0. The summed E-state index contributed by atoms with van der Waals surface area (Å²) in [4.78, 5) is 19.6. The Labute approximate surface area is 52.9 Å². The standard InChI is InChI=1S/C5H9NO3/c1-4(2-3-7)6-5(8)9/h3-4,6H,2H2,1H3,(H,8,9)/t4-/m1/s1. The Morgan fingerprint density at radius 1 is 1.89 bits per heavy atom. The molecular weight excluding hydrogens is 122 g/mol. The molecular formula is C5H9NO3. The summed E-state index contributed by atoms with van der Waals surface area (Å²) in [7, 11) is 0. The van der Waals surface area contributed by atoms with Crippen molar-refractivity contribution in [1.29, 1.82) is 0 Å². The summed E-state index contributed by atoms with van der Waals surface area (Å²) in [5.74, 6) is 0. The molecule has 1 atom stereocenters. The molecule has 0 aliphatic rings. The van der Waals surface area contributed by atoms with Crippen molar-refractivity contribution in [3.8, 4) is 0 Å². The van der Waals surface area contributed by atoms with E-state index < -0.39 is 6.09 Å². The SMILES string of the molecule is C[C@H](CC=O)NC(=O)O. The van der Waals surface area contributed by atoms with Crippen LogP contribution in [-0.4, -0.2) is 23.5 Å². The van der Waals surface area contributed by atoms with Gasteiger partial charge in [-0.1, -0.05) is 0 Å². The molecule has 0 aromatic carbocycles. The molecule has 4 heteroatoms. The molecule has 0 aliphatic heterocycles. The number of aldehydes is 1. The number of nitrogens with one attached hydrogen (secondary N) is 1.